The minimum atomic E-state index is -1.03. The number of carboxylic acids is 1. The second-order valence-corrected chi connectivity index (χ2v) is 5.81. The lowest BCUT2D eigenvalue weighted by molar-refractivity contribution is 0.0695. The molecule has 1 aromatic carbocycles. The zero-order valence-corrected chi connectivity index (χ0v) is 12.5. The van der Waals surface area contributed by atoms with Crippen LogP contribution in [0, 0.1) is 6.92 Å². The Labute approximate surface area is 126 Å². The van der Waals surface area contributed by atoms with Gasteiger partial charge < -0.3 is 19.1 Å². The Bertz CT molecular complexity index is 736. The number of hydrogen-bond donors (Lipinski definition) is 1. The van der Waals surface area contributed by atoms with E-state index in [0.29, 0.717) is 29.6 Å². The maximum Gasteiger partial charge on any atom is 0.335 e. The quantitative estimate of drug-likeness (QED) is 0.926. The van der Waals surface area contributed by atoms with E-state index in [9.17, 15) is 9.90 Å². The number of hydrogen-bond acceptors (Lipinski definition) is 6. The number of aromatic carboxylic acids is 1. The number of nitrogens with zero attached hydrogens (tertiary/aromatic N) is 2. The van der Waals surface area contributed by atoms with Crippen molar-refractivity contribution in [3.8, 4) is 11.5 Å². The second kappa shape index (κ2) is 5.01. The SMILES string of the molecule is Cc1nc(COc2cc(C(=O)O)cc3c2CC(C)(C)O3)no1. The Kier molecular flexibility index (Phi) is 3.27. The number of ether oxygens (including phenoxy) is 2. The first-order valence-electron chi connectivity index (χ1n) is 6.85. The molecule has 0 bridgehead atoms. The molecule has 0 saturated carbocycles. The molecule has 22 heavy (non-hydrogen) atoms. The molecule has 0 amide bonds. The highest BCUT2D eigenvalue weighted by Gasteiger charge is 2.33. The van der Waals surface area contributed by atoms with E-state index < -0.39 is 5.97 Å². The normalized spacial score (nSPS) is 15.2. The van der Waals surface area contributed by atoms with Gasteiger partial charge in [-0.15, -0.1) is 0 Å². The van der Waals surface area contributed by atoms with Gasteiger partial charge >= 0.3 is 5.97 Å². The summed E-state index contributed by atoms with van der Waals surface area (Å²) in [6, 6.07) is 3.02. The Morgan fingerprint density at radius 3 is 2.86 bits per heavy atom. The van der Waals surface area contributed by atoms with Crippen molar-refractivity contribution >= 4 is 5.97 Å². The molecule has 0 atom stereocenters. The van der Waals surface area contributed by atoms with Gasteiger partial charge in [0.1, 0.15) is 17.1 Å². The highest BCUT2D eigenvalue weighted by molar-refractivity contribution is 5.89. The molecule has 116 valence electrons. The predicted molar refractivity (Wildman–Crippen MR) is 75.2 cm³/mol. The number of carboxylic acid groups (broad SMARTS) is 1. The second-order valence-electron chi connectivity index (χ2n) is 5.81. The maximum atomic E-state index is 11.2. The van der Waals surface area contributed by atoms with Crippen LogP contribution < -0.4 is 9.47 Å². The van der Waals surface area contributed by atoms with Crippen LogP contribution in [-0.4, -0.2) is 26.8 Å². The first-order valence-corrected chi connectivity index (χ1v) is 6.85. The molecular formula is C15H16N2O5. The van der Waals surface area contributed by atoms with Gasteiger partial charge in [0.05, 0.1) is 5.56 Å². The number of aromatic nitrogens is 2. The first-order chi connectivity index (χ1) is 10.3. The molecule has 0 spiro atoms. The highest BCUT2D eigenvalue weighted by Crippen LogP contribution is 2.41. The largest absolute Gasteiger partial charge is 0.487 e. The molecule has 0 radical (unpaired) electrons. The molecule has 7 heteroatoms. The average Bonchev–Trinajstić information content (AvgIpc) is 2.97. The summed E-state index contributed by atoms with van der Waals surface area (Å²) in [5, 5.41) is 13.0. The third-order valence-corrected chi connectivity index (χ3v) is 3.33. The van der Waals surface area contributed by atoms with Gasteiger partial charge in [0.15, 0.2) is 6.61 Å². The van der Waals surface area contributed by atoms with Gasteiger partial charge in [0.2, 0.25) is 11.7 Å². The van der Waals surface area contributed by atoms with Crippen molar-refractivity contribution in [2.24, 2.45) is 0 Å². The number of benzene rings is 1. The van der Waals surface area contributed by atoms with Crippen LogP contribution in [0.5, 0.6) is 11.5 Å². The van der Waals surface area contributed by atoms with E-state index in [-0.39, 0.29) is 17.8 Å². The van der Waals surface area contributed by atoms with Gasteiger partial charge in [-0.2, -0.15) is 4.98 Å². The predicted octanol–water partition coefficient (Wildman–Crippen LogP) is 2.37. The van der Waals surface area contributed by atoms with E-state index in [0.717, 1.165) is 5.56 Å². The zero-order chi connectivity index (χ0) is 15.9. The molecule has 2 aromatic rings. The fourth-order valence-corrected chi connectivity index (χ4v) is 2.44. The summed E-state index contributed by atoms with van der Waals surface area (Å²) in [4.78, 5) is 15.3. The van der Waals surface area contributed by atoms with Crippen molar-refractivity contribution in [1.29, 1.82) is 0 Å². The standard InChI is InChI=1S/C15H16N2O5/c1-8-16-13(17-22-8)7-20-11-4-9(14(18)19)5-12-10(11)6-15(2,3)21-12/h4-5H,6-7H2,1-3H3,(H,18,19). The Hall–Kier alpha value is -2.57. The molecule has 1 N–H and O–H groups in total. The average molecular weight is 304 g/mol. The van der Waals surface area contributed by atoms with E-state index in [4.69, 9.17) is 14.0 Å². The van der Waals surface area contributed by atoms with Gasteiger partial charge in [-0.25, -0.2) is 4.79 Å². The number of aryl methyl sites for hydroxylation is 1. The van der Waals surface area contributed by atoms with E-state index in [1.165, 1.54) is 12.1 Å². The third kappa shape index (κ3) is 2.74. The van der Waals surface area contributed by atoms with Gasteiger partial charge in [0.25, 0.3) is 0 Å². The van der Waals surface area contributed by atoms with Crippen LogP contribution in [0.2, 0.25) is 0 Å². The van der Waals surface area contributed by atoms with Crippen molar-refractivity contribution in [3.63, 3.8) is 0 Å². The van der Waals surface area contributed by atoms with Crippen LogP contribution in [0.4, 0.5) is 0 Å². The minimum absolute atomic E-state index is 0.104. The first kappa shape index (κ1) is 14.4. The van der Waals surface area contributed by atoms with Crippen molar-refractivity contribution < 1.29 is 23.9 Å². The molecule has 1 aliphatic heterocycles. The molecule has 3 rings (SSSR count). The Morgan fingerprint density at radius 2 is 2.23 bits per heavy atom. The maximum absolute atomic E-state index is 11.2. The molecule has 1 aromatic heterocycles. The smallest absolute Gasteiger partial charge is 0.335 e. The summed E-state index contributed by atoms with van der Waals surface area (Å²) in [5.74, 6) is 0.848. The number of carbonyl (C=O) groups is 1. The molecular weight excluding hydrogens is 288 g/mol. The summed E-state index contributed by atoms with van der Waals surface area (Å²) in [6.45, 7) is 5.68. The van der Waals surface area contributed by atoms with Crippen LogP contribution in [0.25, 0.3) is 0 Å². The Balaban J connectivity index is 1.91. The monoisotopic (exact) mass is 304 g/mol. The third-order valence-electron chi connectivity index (χ3n) is 3.33. The highest BCUT2D eigenvalue weighted by atomic mass is 16.5. The van der Waals surface area contributed by atoms with Gasteiger partial charge in [-0.3, -0.25) is 0 Å². The minimum Gasteiger partial charge on any atom is -0.487 e. The van der Waals surface area contributed by atoms with Gasteiger partial charge in [0, 0.05) is 18.9 Å². The van der Waals surface area contributed by atoms with Crippen molar-refractivity contribution in [2.45, 2.75) is 39.4 Å². The summed E-state index contributed by atoms with van der Waals surface area (Å²) >= 11 is 0. The fourth-order valence-electron chi connectivity index (χ4n) is 2.44. The van der Waals surface area contributed by atoms with Crippen molar-refractivity contribution in [3.05, 3.63) is 35.0 Å². The number of rotatable bonds is 4. The van der Waals surface area contributed by atoms with Crippen LogP contribution in [0.15, 0.2) is 16.7 Å². The fraction of sp³-hybridized carbons (Fsp3) is 0.400. The summed E-state index contributed by atoms with van der Waals surface area (Å²) in [5.41, 5.74) is 0.589. The van der Waals surface area contributed by atoms with Crippen molar-refractivity contribution in [2.75, 3.05) is 0 Å². The molecule has 2 heterocycles. The molecule has 1 aliphatic rings. The molecule has 0 unspecified atom stereocenters. The van der Waals surface area contributed by atoms with Gasteiger partial charge in [-0.1, -0.05) is 5.16 Å². The van der Waals surface area contributed by atoms with Crippen molar-refractivity contribution in [1.82, 2.24) is 10.1 Å². The summed E-state index contributed by atoms with van der Waals surface area (Å²) < 4.78 is 16.4. The summed E-state index contributed by atoms with van der Waals surface area (Å²) in [6.07, 6.45) is 0.642. The lowest BCUT2D eigenvalue weighted by Gasteiger charge is -2.16. The van der Waals surface area contributed by atoms with Gasteiger partial charge in [-0.05, 0) is 26.0 Å². The van der Waals surface area contributed by atoms with Crippen LogP contribution in [0.1, 0.15) is 41.5 Å². The lowest BCUT2D eigenvalue weighted by Crippen LogP contribution is -2.24. The summed E-state index contributed by atoms with van der Waals surface area (Å²) in [7, 11) is 0. The van der Waals surface area contributed by atoms with E-state index in [1.807, 2.05) is 13.8 Å². The molecule has 7 nitrogen and oxygen atoms in total. The topological polar surface area (TPSA) is 94.7 Å². The molecule has 0 fully saturated rings. The van der Waals surface area contributed by atoms with Crippen LogP contribution >= 0.6 is 0 Å². The van der Waals surface area contributed by atoms with E-state index in [1.54, 1.807) is 6.92 Å². The lowest BCUT2D eigenvalue weighted by atomic mass is 10.00. The molecule has 0 saturated heterocycles. The molecule has 0 aliphatic carbocycles. The zero-order valence-electron chi connectivity index (χ0n) is 12.5. The van der Waals surface area contributed by atoms with E-state index in [2.05, 4.69) is 10.1 Å². The van der Waals surface area contributed by atoms with Crippen LogP contribution in [-0.2, 0) is 13.0 Å². The van der Waals surface area contributed by atoms with Crippen LogP contribution in [0.3, 0.4) is 0 Å². The Morgan fingerprint density at radius 1 is 1.45 bits per heavy atom. The van der Waals surface area contributed by atoms with E-state index >= 15 is 0 Å². The number of fused-ring (bicyclic) bond motifs is 1.